The van der Waals surface area contributed by atoms with Gasteiger partial charge in [0.1, 0.15) is 23.5 Å². The molecule has 0 aliphatic carbocycles. The van der Waals surface area contributed by atoms with E-state index in [0.717, 1.165) is 0 Å². The van der Waals surface area contributed by atoms with Gasteiger partial charge in [0.2, 0.25) is 5.91 Å². The molecular weight excluding hydrogens is 618 g/mol. The molecule has 2 aliphatic heterocycles. The molecule has 2 fully saturated rings. The van der Waals surface area contributed by atoms with E-state index in [9.17, 15) is 39.0 Å². The Hall–Kier alpha value is -4.99. The lowest BCUT2D eigenvalue weighted by atomic mass is 10.1. The number of β-amino-alcohol motifs (C(OH)–C–C–N with tert-alkyl or cyclic N) is 1. The number of para-hydroxylation sites is 1. The number of aliphatic hydroxyl groups is 1. The van der Waals surface area contributed by atoms with E-state index in [1.807, 2.05) is 0 Å². The summed E-state index contributed by atoms with van der Waals surface area (Å²) in [5.41, 5.74) is 0.208. The highest BCUT2D eigenvalue weighted by Crippen LogP contribution is 2.27. The maximum atomic E-state index is 13.5. The van der Waals surface area contributed by atoms with Crippen LogP contribution in [0.25, 0.3) is 10.9 Å². The lowest BCUT2D eigenvalue weighted by Crippen LogP contribution is -2.56. The second-order valence-corrected chi connectivity index (χ2v) is 11.0. The van der Waals surface area contributed by atoms with E-state index in [1.165, 1.54) is 20.8 Å². The minimum atomic E-state index is -1.20. The summed E-state index contributed by atoms with van der Waals surface area (Å²) in [6, 6.07) is 5.87. The first-order valence-electron chi connectivity index (χ1n) is 15.4. The minimum Gasteiger partial charge on any atom is -0.483 e. The number of carbonyl (C=O) groups is 6. The van der Waals surface area contributed by atoms with Crippen LogP contribution in [0.5, 0.6) is 5.75 Å². The summed E-state index contributed by atoms with van der Waals surface area (Å²) in [5, 5.41) is 22.5. The molecule has 2 aliphatic rings. The number of ether oxygens (including phenoxy) is 3. The van der Waals surface area contributed by atoms with Gasteiger partial charge in [-0.1, -0.05) is 12.1 Å². The molecule has 1 unspecified atom stereocenters. The number of carboxylic acid groups (broad SMARTS) is 1. The Kier molecular flexibility index (Phi) is 11.9. The summed E-state index contributed by atoms with van der Waals surface area (Å²) in [5.74, 6) is -3.50. The Bertz CT molecular complexity index is 1490. The monoisotopic (exact) mass is 657 g/mol. The highest BCUT2D eigenvalue weighted by molar-refractivity contribution is 5.99. The fraction of sp³-hybridized carbons (Fsp3) is 0.516. The topological polar surface area (TPSA) is 205 Å². The van der Waals surface area contributed by atoms with E-state index < -0.39 is 60.5 Å². The van der Waals surface area contributed by atoms with Crippen molar-refractivity contribution in [1.29, 1.82) is 0 Å². The number of nitrogens with zero attached hydrogens (tertiary/aromatic N) is 4. The van der Waals surface area contributed by atoms with Gasteiger partial charge in [0.05, 0.1) is 24.8 Å². The zero-order valence-corrected chi connectivity index (χ0v) is 26.3. The van der Waals surface area contributed by atoms with Gasteiger partial charge in [0, 0.05) is 57.0 Å². The third kappa shape index (κ3) is 8.84. The largest absolute Gasteiger partial charge is 0.483 e. The van der Waals surface area contributed by atoms with Gasteiger partial charge in [-0.3, -0.25) is 19.2 Å². The Morgan fingerprint density at radius 1 is 1.00 bits per heavy atom. The molecule has 1 aromatic carbocycles. The molecule has 3 atom stereocenters. The Balaban J connectivity index is 1.49. The number of rotatable bonds is 12. The quantitative estimate of drug-likeness (QED) is 0.265. The molecule has 0 radical (unpaired) electrons. The van der Waals surface area contributed by atoms with Gasteiger partial charge in [0.25, 0.3) is 11.8 Å². The van der Waals surface area contributed by atoms with Crippen molar-refractivity contribution < 1.29 is 53.2 Å². The molecule has 4 rings (SSSR count). The van der Waals surface area contributed by atoms with E-state index in [-0.39, 0.29) is 76.6 Å². The first-order chi connectivity index (χ1) is 22.5. The minimum absolute atomic E-state index is 0.0376. The van der Waals surface area contributed by atoms with Crippen LogP contribution < -0.4 is 10.1 Å². The summed E-state index contributed by atoms with van der Waals surface area (Å²) in [6.07, 6.45) is -1.93. The van der Waals surface area contributed by atoms with Crippen LogP contribution in [-0.2, 0) is 28.7 Å². The van der Waals surface area contributed by atoms with Gasteiger partial charge >= 0.3 is 18.0 Å². The average molecular weight is 658 g/mol. The van der Waals surface area contributed by atoms with Gasteiger partial charge in [-0.2, -0.15) is 0 Å². The van der Waals surface area contributed by atoms with Crippen LogP contribution in [0.3, 0.4) is 0 Å². The molecular formula is C31H39N5O11. The number of hydrogen-bond acceptors (Lipinski definition) is 11. The van der Waals surface area contributed by atoms with Crippen LogP contribution in [0.1, 0.15) is 43.6 Å². The van der Waals surface area contributed by atoms with Crippen molar-refractivity contribution in [2.75, 3.05) is 52.5 Å². The van der Waals surface area contributed by atoms with Gasteiger partial charge in [-0.05, 0) is 32.4 Å². The number of pyridine rings is 1. The van der Waals surface area contributed by atoms with Crippen LogP contribution in [-0.4, -0.2) is 136 Å². The van der Waals surface area contributed by atoms with Crippen molar-refractivity contribution in [1.82, 2.24) is 25.0 Å². The third-order valence-corrected chi connectivity index (χ3v) is 7.79. The molecule has 4 amide bonds. The van der Waals surface area contributed by atoms with E-state index in [2.05, 4.69) is 10.3 Å². The molecule has 16 heteroatoms. The van der Waals surface area contributed by atoms with E-state index in [0.29, 0.717) is 10.9 Å². The maximum Gasteiger partial charge on any atom is 0.409 e. The Morgan fingerprint density at radius 3 is 2.36 bits per heavy atom. The second kappa shape index (κ2) is 16.0. The number of carboxylic acids is 1. The molecule has 47 heavy (non-hydrogen) atoms. The summed E-state index contributed by atoms with van der Waals surface area (Å²) in [7, 11) is 0. The number of likely N-dealkylation sites (tertiary alicyclic amines) is 1. The zero-order chi connectivity index (χ0) is 34.1. The molecule has 16 nitrogen and oxygen atoms in total. The molecule has 0 saturated carbocycles. The van der Waals surface area contributed by atoms with Crippen LogP contribution in [0.4, 0.5) is 4.79 Å². The van der Waals surface area contributed by atoms with Gasteiger partial charge in [-0.15, -0.1) is 0 Å². The summed E-state index contributed by atoms with van der Waals surface area (Å²) in [4.78, 5) is 84.3. The number of aliphatic hydroxyl groups excluding tert-OH is 1. The molecule has 254 valence electrons. The molecule has 3 heterocycles. The van der Waals surface area contributed by atoms with Crippen molar-refractivity contribution in [2.24, 2.45) is 0 Å². The molecule has 0 bridgehead atoms. The number of nitrogens with one attached hydrogen (secondary N) is 1. The molecule has 2 saturated heterocycles. The highest BCUT2D eigenvalue weighted by Gasteiger charge is 2.40. The molecule has 0 spiro atoms. The summed E-state index contributed by atoms with van der Waals surface area (Å²) >= 11 is 0. The number of carbonyl (C=O) groups excluding carboxylic acids is 5. The third-order valence-electron chi connectivity index (χ3n) is 7.79. The zero-order valence-electron chi connectivity index (χ0n) is 26.3. The first-order valence-corrected chi connectivity index (χ1v) is 15.4. The normalized spacial score (nSPS) is 18.4. The fourth-order valence-electron chi connectivity index (χ4n) is 5.45. The molecule has 2 aromatic rings. The van der Waals surface area contributed by atoms with Crippen molar-refractivity contribution in [3.63, 3.8) is 0 Å². The Labute approximate surface area is 270 Å². The molecule has 1 aromatic heterocycles. The average Bonchev–Trinajstić information content (AvgIpc) is 3.46. The number of benzene rings is 1. The lowest BCUT2D eigenvalue weighted by molar-refractivity contribution is -0.153. The van der Waals surface area contributed by atoms with E-state index in [4.69, 9.17) is 14.2 Å². The summed E-state index contributed by atoms with van der Waals surface area (Å²) < 4.78 is 15.9. The standard InChI is InChI=1S/C31H39N5O11/c1-3-45-30(43)24-15-19(37)17-36(24)26(38)18-47-25-16-23(32-21-8-6-5-7-20(21)25)28(41)33-22(9-10-27(39)40)29(42)34-11-13-35(14-12-34)31(44)46-4-2/h5-8,16,19,22,24,37H,3-4,9-15,17-18H2,1-2H3,(H,33,41)(H,39,40)/t19-,22?,24+/m1/s1. The van der Waals surface area contributed by atoms with Gasteiger partial charge < -0.3 is 44.4 Å². The predicted molar refractivity (Wildman–Crippen MR) is 163 cm³/mol. The number of esters is 1. The first kappa shape index (κ1) is 34.9. The van der Waals surface area contributed by atoms with E-state index >= 15 is 0 Å². The SMILES string of the molecule is CCOC(=O)[C@@H]1C[C@@H](O)CN1C(=O)COc1cc(C(=O)NC(CCC(=O)O)C(=O)N2CCN(C(=O)OCC)CC2)nc2ccccc12. The molecule has 3 N–H and O–H groups in total. The van der Waals surface area contributed by atoms with E-state index in [1.54, 1.807) is 38.1 Å². The predicted octanol–water partition coefficient (Wildman–Crippen LogP) is 0.402. The maximum absolute atomic E-state index is 13.5. The van der Waals surface area contributed by atoms with Crippen molar-refractivity contribution >= 4 is 46.7 Å². The van der Waals surface area contributed by atoms with Crippen LogP contribution in [0.2, 0.25) is 0 Å². The van der Waals surface area contributed by atoms with Gasteiger partial charge in [0.15, 0.2) is 6.61 Å². The number of amides is 4. The number of hydrogen-bond donors (Lipinski definition) is 3. The van der Waals surface area contributed by atoms with Crippen molar-refractivity contribution in [3.05, 3.63) is 36.0 Å². The van der Waals surface area contributed by atoms with Crippen LogP contribution >= 0.6 is 0 Å². The lowest BCUT2D eigenvalue weighted by Gasteiger charge is -2.35. The number of fused-ring (bicyclic) bond motifs is 1. The summed E-state index contributed by atoms with van der Waals surface area (Å²) in [6.45, 7) is 3.84. The van der Waals surface area contributed by atoms with Crippen molar-refractivity contribution in [2.45, 2.75) is 51.3 Å². The Morgan fingerprint density at radius 2 is 1.68 bits per heavy atom. The van der Waals surface area contributed by atoms with Gasteiger partial charge in [-0.25, -0.2) is 14.6 Å². The second-order valence-electron chi connectivity index (χ2n) is 11.0. The number of piperazine rings is 1. The number of aromatic nitrogens is 1. The number of aliphatic carboxylic acids is 1. The smallest absolute Gasteiger partial charge is 0.409 e. The van der Waals surface area contributed by atoms with Crippen LogP contribution in [0, 0.1) is 0 Å². The van der Waals surface area contributed by atoms with Crippen molar-refractivity contribution in [3.8, 4) is 5.75 Å². The highest BCUT2D eigenvalue weighted by atomic mass is 16.6. The fourth-order valence-corrected chi connectivity index (χ4v) is 5.45. The van der Waals surface area contributed by atoms with Crippen LogP contribution in [0.15, 0.2) is 30.3 Å².